The van der Waals surface area contributed by atoms with Crippen LogP contribution in [0.5, 0.6) is 0 Å². The topological polar surface area (TPSA) is 132 Å². The van der Waals surface area contributed by atoms with Gasteiger partial charge in [-0.25, -0.2) is 9.67 Å². The summed E-state index contributed by atoms with van der Waals surface area (Å²) in [6.45, 7) is 3.77. The monoisotopic (exact) mass is 455 g/mol. The number of benzene rings is 1. The maximum absolute atomic E-state index is 12.0. The molecule has 0 spiro atoms. The Hall–Kier alpha value is -4.03. The first kappa shape index (κ1) is 21.8. The Balaban J connectivity index is 1.58. The Morgan fingerprint density at radius 1 is 1.21 bits per heavy atom. The predicted molar refractivity (Wildman–Crippen MR) is 129 cm³/mol. The third-order valence-electron chi connectivity index (χ3n) is 6.11. The summed E-state index contributed by atoms with van der Waals surface area (Å²) in [5.74, 6) is 6.77. The highest BCUT2D eigenvalue weighted by molar-refractivity contribution is 5.97. The van der Waals surface area contributed by atoms with Crippen LogP contribution >= 0.6 is 0 Å². The lowest BCUT2D eigenvalue weighted by molar-refractivity contribution is -0.120. The molecule has 9 nitrogen and oxygen atoms in total. The number of nitrogens with one attached hydrogen (secondary N) is 1. The van der Waals surface area contributed by atoms with Gasteiger partial charge in [-0.3, -0.25) is 9.78 Å². The van der Waals surface area contributed by atoms with E-state index in [1.807, 2.05) is 24.3 Å². The van der Waals surface area contributed by atoms with Crippen molar-refractivity contribution in [3.63, 3.8) is 0 Å². The van der Waals surface area contributed by atoms with E-state index in [9.17, 15) is 9.90 Å². The number of amides is 1. The number of carbonyl (C=O) groups is 1. The zero-order valence-corrected chi connectivity index (χ0v) is 19.3. The van der Waals surface area contributed by atoms with Crippen molar-refractivity contribution in [1.82, 2.24) is 25.0 Å². The van der Waals surface area contributed by atoms with E-state index in [4.69, 9.17) is 5.73 Å². The van der Waals surface area contributed by atoms with Crippen LogP contribution < -0.4 is 11.1 Å². The molecule has 5 rings (SSSR count). The quantitative estimate of drug-likeness (QED) is 0.393. The largest absolute Gasteiger partial charge is 0.389 e. The number of rotatable bonds is 5. The molecule has 4 N–H and O–H groups in total. The molecular formula is C25H25N7O2. The van der Waals surface area contributed by atoms with E-state index in [0.717, 1.165) is 32.9 Å². The molecule has 1 saturated carbocycles. The third kappa shape index (κ3) is 3.82. The van der Waals surface area contributed by atoms with Gasteiger partial charge >= 0.3 is 0 Å². The average molecular weight is 456 g/mol. The van der Waals surface area contributed by atoms with Crippen LogP contribution in [0.3, 0.4) is 0 Å². The molecule has 0 aliphatic heterocycles. The van der Waals surface area contributed by atoms with Gasteiger partial charge in [0.1, 0.15) is 11.3 Å². The van der Waals surface area contributed by atoms with Crippen molar-refractivity contribution >= 4 is 33.5 Å². The minimum Gasteiger partial charge on any atom is -0.389 e. The zero-order valence-electron chi connectivity index (χ0n) is 19.3. The fraction of sp³-hybridized carbons (Fsp3) is 0.320. The number of carbonyl (C=O) groups excluding carboxylic acids is 1. The summed E-state index contributed by atoms with van der Waals surface area (Å²) in [6.07, 6.45) is 4.86. The molecular weight excluding hydrogens is 430 g/mol. The van der Waals surface area contributed by atoms with E-state index >= 15 is 0 Å². The van der Waals surface area contributed by atoms with Gasteiger partial charge in [0.25, 0.3) is 0 Å². The zero-order chi connectivity index (χ0) is 24.1. The van der Waals surface area contributed by atoms with Gasteiger partial charge in [0.2, 0.25) is 5.91 Å². The molecule has 0 saturated heterocycles. The maximum Gasteiger partial charge on any atom is 0.229 e. The Bertz CT molecular complexity index is 1500. The highest BCUT2D eigenvalue weighted by Crippen LogP contribution is 2.47. The van der Waals surface area contributed by atoms with Crippen molar-refractivity contribution in [2.24, 2.45) is 5.73 Å². The second-order valence-corrected chi connectivity index (χ2v) is 9.34. The summed E-state index contributed by atoms with van der Waals surface area (Å²) in [4.78, 5) is 21.1. The maximum atomic E-state index is 12.0. The summed E-state index contributed by atoms with van der Waals surface area (Å²) in [7, 11) is 1.80. The number of hydrogen-bond acceptors (Lipinski definition) is 7. The Kier molecular flexibility index (Phi) is 4.99. The van der Waals surface area contributed by atoms with Crippen molar-refractivity contribution < 1.29 is 9.90 Å². The Morgan fingerprint density at radius 2 is 2.00 bits per heavy atom. The van der Waals surface area contributed by atoms with Crippen LogP contribution in [0.4, 0.5) is 5.82 Å². The lowest BCUT2D eigenvalue weighted by Gasteiger charge is -2.16. The average Bonchev–Trinajstić information content (AvgIpc) is 3.54. The van der Waals surface area contributed by atoms with E-state index in [2.05, 4.69) is 37.4 Å². The van der Waals surface area contributed by atoms with Gasteiger partial charge in [-0.05, 0) is 51.0 Å². The minimum absolute atomic E-state index is 0.317. The van der Waals surface area contributed by atoms with Crippen molar-refractivity contribution in [3.8, 4) is 11.8 Å². The molecule has 0 unspecified atom stereocenters. The highest BCUT2D eigenvalue weighted by Gasteiger charge is 2.51. The van der Waals surface area contributed by atoms with Gasteiger partial charge in [0.15, 0.2) is 0 Å². The minimum atomic E-state index is -0.919. The molecule has 1 amide bonds. The summed E-state index contributed by atoms with van der Waals surface area (Å²) in [5.41, 5.74) is 7.77. The number of nitrogens with two attached hydrogens (primary N) is 1. The van der Waals surface area contributed by atoms with E-state index in [-0.39, 0.29) is 5.91 Å². The fourth-order valence-corrected chi connectivity index (χ4v) is 4.12. The van der Waals surface area contributed by atoms with Gasteiger partial charge in [-0.1, -0.05) is 17.1 Å². The molecule has 4 aromatic rings. The molecule has 3 heterocycles. The number of aromatic nitrogens is 5. The molecule has 3 aromatic heterocycles. The smallest absolute Gasteiger partial charge is 0.229 e. The van der Waals surface area contributed by atoms with E-state index in [0.29, 0.717) is 30.9 Å². The van der Waals surface area contributed by atoms with E-state index in [1.165, 1.54) is 0 Å². The number of pyridine rings is 2. The first-order chi connectivity index (χ1) is 16.2. The Labute approximate surface area is 196 Å². The van der Waals surface area contributed by atoms with Crippen LogP contribution in [-0.2, 0) is 16.8 Å². The summed E-state index contributed by atoms with van der Waals surface area (Å²) >= 11 is 0. The molecule has 9 heteroatoms. The summed E-state index contributed by atoms with van der Waals surface area (Å²) in [6, 6.07) is 7.56. The second kappa shape index (κ2) is 7.78. The van der Waals surface area contributed by atoms with Crippen molar-refractivity contribution in [1.29, 1.82) is 0 Å². The SMILES string of the molecule is CNc1ncc(C#Cc2ccc3nnn(CC(C)(C)O)c3c2)c2cc(C3(C(N)=O)CC3)ncc12. The number of anilines is 1. The molecule has 1 aromatic carbocycles. The van der Waals surface area contributed by atoms with Crippen LogP contribution in [0.15, 0.2) is 36.7 Å². The first-order valence-corrected chi connectivity index (χ1v) is 11.0. The lowest BCUT2D eigenvalue weighted by Crippen LogP contribution is -2.29. The van der Waals surface area contributed by atoms with Crippen LogP contribution in [-0.4, -0.2) is 48.6 Å². The molecule has 1 aliphatic carbocycles. The molecule has 0 radical (unpaired) electrons. The normalized spacial score (nSPS) is 14.6. The van der Waals surface area contributed by atoms with Crippen LogP contribution in [0.2, 0.25) is 0 Å². The van der Waals surface area contributed by atoms with Gasteiger partial charge < -0.3 is 16.2 Å². The third-order valence-corrected chi connectivity index (χ3v) is 6.11. The predicted octanol–water partition coefficient (Wildman–Crippen LogP) is 2.10. The molecule has 1 aliphatic rings. The number of nitrogens with zero attached hydrogens (tertiary/aromatic N) is 5. The van der Waals surface area contributed by atoms with Gasteiger partial charge in [0.05, 0.1) is 34.3 Å². The molecule has 34 heavy (non-hydrogen) atoms. The molecule has 1 fully saturated rings. The van der Waals surface area contributed by atoms with Gasteiger partial charge in [0, 0.05) is 35.8 Å². The molecule has 172 valence electrons. The highest BCUT2D eigenvalue weighted by atomic mass is 16.3. The van der Waals surface area contributed by atoms with E-state index < -0.39 is 11.0 Å². The van der Waals surface area contributed by atoms with Crippen molar-refractivity contribution in [3.05, 3.63) is 53.5 Å². The van der Waals surface area contributed by atoms with E-state index in [1.54, 1.807) is 38.0 Å². The molecule has 0 bridgehead atoms. The molecule has 0 atom stereocenters. The Morgan fingerprint density at radius 3 is 2.68 bits per heavy atom. The lowest BCUT2D eigenvalue weighted by atomic mass is 9.98. The first-order valence-electron chi connectivity index (χ1n) is 11.0. The van der Waals surface area contributed by atoms with Crippen LogP contribution in [0.25, 0.3) is 21.8 Å². The van der Waals surface area contributed by atoms with Crippen LogP contribution in [0, 0.1) is 11.8 Å². The number of aliphatic hydroxyl groups is 1. The summed E-state index contributed by atoms with van der Waals surface area (Å²) in [5, 5.41) is 23.2. The van der Waals surface area contributed by atoms with Crippen molar-refractivity contribution in [2.75, 3.05) is 12.4 Å². The summed E-state index contributed by atoms with van der Waals surface area (Å²) < 4.78 is 1.68. The number of fused-ring (bicyclic) bond motifs is 2. The fourth-order valence-electron chi connectivity index (χ4n) is 4.12. The van der Waals surface area contributed by atoms with Crippen molar-refractivity contribution in [2.45, 2.75) is 44.2 Å². The standard InChI is InChI=1S/C25H25N7O2/c1-24(2,34)14-32-20-10-15(5-7-19(20)30-31-32)4-6-16-12-29-22(27-3)18-13-28-21(11-17(16)18)25(8-9-25)23(26)33/h5,7,10-13,34H,8-9,14H2,1-3H3,(H2,26,33)(H,27,29). The second-order valence-electron chi connectivity index (χ2n) is 9.34. The number of primary amides is 1. The van der Waals surface area contributed by atoms with Crippen LogP contribution in [0.1, 0.15) is 43.5 Å². The van der Waals surface area contributed by atoms with Gasteiger partial charge in [-0.15, -0.1) is 5.10 Å². The number of hydrogen-bond donors (Lipinski definition) is 3. The van der Waals surface area contributed by atoms with Gasteiger partial charge in [-0.2, -0.15) is 0 Å².